The zero-order valence-corrected chi connectivity index (χ0v) is 9.66. The van der Waals surface area contributed by atoms with Crippen LogP contribution in [0.1, 0.15) is 0 Å². The molecule has 0 saturated carbocycles. The van der Waals surface area contributed by atoms with Gasteiger partial charge in [0, 0.05) is 10.6 Å². The molecule has 4 nitrogen and oxygen atoms in total. The van der Waals surface area contributed by atoms with Gasteiger partial charge in [-0.05, 0) is 30.5 Å². The van der Waals surface area contributed by atoms with E-state index in [1.54, 1.807) is 24.2 Å². The van der Waals surface area contributed by atoms with Crippen molar-refractivity contribution in [3.8, 4) is 0 Å². The smallest absolute Gasteiger partial charge is 0.227 e. The third kappa shape index (κ3) is 2.64. The molecule has 1 heterocycles. The first kappa shape index (κ1) is 10.8. The van der Waals surface area contributed by atoms with Crippen molar-refractivity contribution in [2.75, 3.05) is 17.3 Å². The Balaban J connectivity index is 2.11. The summed E-state index contributed by atoms with van der Waals surface area (Å²) >= 11 is 1.71. The zero-order chi connectivity index (χ0) is 11.4. The summed E-state index contributed by atoms with van der Waals surface area (Å²) in [6, 6.07) is 8.08. The molecule has 0 amide bonds. The SMILES string of the molecule is CSc1ccc(Nc2ncc(N)cn2)cc1. The molecule has 0 aliphatic carbocycles. The molecule has 0 aliphatic rings. The van der Waals surface area contributed by atoms with Crippen LogP contribution >= 0.6 is 11.8 Å². The van der Waals surface area contributed by atoms with Gasteiger partial charge in [0.1, 0.15) is 0 Å². The van der Waals surface area contributed by atoms with Gasteiger partial charge < -0.3 is 11.1 Å². The summed E-state index contributed by atoms with van der Waals surface area (Å²) in [5.41, 5.74) is 7.02. The first-order chi connectivity index (χ1) is 7.78. The van der Waals surface area contributed by atoms with E-state index in [1.165, 1.54) is 4.90 Å². The van der Waals surface area contributed by atoms with Gasteiger partial charge in [0.25, 0.3) is 0 Å². The number of thioether (sulfide) groups is 1. The highest BCUT2D eigenvalue weighted by molar-refractivity contribution is 7.98. The zero-order valence-electron chi connectivity index (χ0n) is 8.84. The van der Waals surface area contributed by atoms with Gasteiger partial charge in [-0.15, -0.1) is 11.8 Å². The minimum Gasteiger partial charge on any atom is -0.396 e. The van der Waals surface area contributed by atoms with Crippen LogP contribution in [-0.2, 0) is 0 Å². The van der Waals surface area contributed by atoms with Crippen molar-refractivity contribution >= 4 is 29.1 Å². The molecule has 1 aromatic carbocycles. The molecule has 0 bridgehead atoms. The van der Waals surface area contributed by atoms with Crippen molar-refractivity contribution in [3.05, 3.63) is 36.7 Å². The van der Waals surface area contributed by atoms with E-state index in [0.29, 0.717) is 11.6 Å². The second-order valence-electron chi connectivity index (χ2n) is 3.19. The summed E-state index contributed by atoms with van der Waals surface area (Å²) in [5.74, 6) is 0.547. The van der Waals surface area contributed by atoms with Gasteiger partial charge in [0.05, 0.1) is 18.1 Å². The Hall–Kier alpha value is -1.75. The van der Waals surface area contributed by atoms with Gasteiger partial charge in [0.15, 0.2) is 0 Å². The molecule has 0 unspecified atom stereocenters. The number of nitrogens with two attached hydrogens (primary N) is 1. The number of nitrogen functional groups attached to an aromatic ring is 1. The number of hydrogen-bond donors (Lipinski definition) is 2. The summed E-state index contributed by atoms with van der Waals surface area (Å²) in [6.45, 7) is 0. The Morgan fingerprint density at radius 2 is 1.75 bits per heavy atom. The van der Waals surface area contributed by atoms with Crippen molar-refractivity contribution in [1.82, 2.24) is 9.97 Å². The maximum Gasteiger partial charge on any atom is 0.227 e. The van der Waals surface area contributed by atoms with E-state index in [0.717, 1.165) is 5.69 Å². The van der Waals surface area contributed by atoms with E-state index in [4.69, 9.17) is 5.73 Å². The highest BCUT2D eigenvalue weighted by Gasteiger charge is 1.97. The maximum absolute atomic E-state index is 5.50. The number of nitrogens with zero attached hydrogens (tertiary/aromatic N) is 2. The van der Waals surface area contributed by atoms with Gasteiger partial charge >= 0.3 is 0 Å². The average Bonchev–Trinajstić information content (AvgIpc) is 2.33. The van der Waals surface area contributed by atoms with E-state index in [1.807, 2.05) is 30.5 Å². The van der Waals surface area contributed by atoms with Crippen molar-refractivity contribution in [1.29, 1.82) is 0 Å². The Labute approximate surface area is 98.3 Å². The number of rotatable bonds is 3. The fourth-order valence-electron chi connectivity index (χ4n) is 1.21. The molecule has 0 atom stereocenters. The summed E-state index contributed by atoms with van der Waals surface area (Å²) in [4.78, 5) is 9.35. The summed E-state index contributed by atoms with van der Waals surface area (Å²) in [5, 5.41) is 3.10. The number of hydrogen-bond acceptors (Lipinski definition) is 5. The van der Waals surface area contributed by atoms with Gasteiger partial charge in [-0.3, -0.25) is 0 Å². The van der Waals surface area contributed by atoms with Crippen molar-refractivity contribution in [2.24, 2.45) is 0 Å². The third-order valence-electron chi connectivity index (χ3n) is 2.02. The second kappa shape index (κ2) is 4.85. The fraction of sp³-hybridized carbons (Fsp3) is 0.0909. The molecule has 0 fully saturated rings. The molecule has 16 heavy (non-hydrogen) atoms. The second-order valence-corrected chi connectivity index (χ2v) is 4.07. The van der Waals surface area contributed by atoms with Crippen LogP contribution in [0.25, 0.3) is 0 Å². The standard InChI is InChI=1S/C11H12N4S/c1-16-10-4-2-9(3-5-10)15-11-13-6-8(12)7-14-11/h2-7H,12H2,1H3,(H,13,14,15). The molecule has 3 N–H and O–H groups in total. The number of benzene rings is 1. The molecule has 0 aliphatic heterocycles. The highest BCUT2D eigenvalue weighted by Crippen LogP contribution is 2.19. The molecular weight excluding hydrogens is 220 g/mol. The van der Waals surface area contributed by atoms with Crippen LogP contribution in [0, 0.1) is 0 Å². The van der Waals surface area contributed by atoms with E-state index >= 15 is 0 Å². The lowest BCUT2D eigenvalue weighted by Gasteiger charge is -2.04. The van der Waals surface area contributed by atoms with Gasteiger partial charge in [0.2, 0.25) is 5.95 Å². The van der Waals surface area contributed by atoms with Crippen LogP contribution in [0.2, 0.25) is 0 Å². The molecule has 5 heteroatoms. The number of nitrogens with one attached hydrogen (secondary N) is 1. The molecule has 82 valence electrons. The molecular formula is C11H12N4S. The molecule has 1 aromatic heterocycles. The summed E-state index contributed by atoms with van der Waals surface area (Å²) in [7, 11) is 0. The lowest BCUT2D eigenvalue weighted by Crippen LogP contribution is -1.97. The fourth-order valence-corrected chi connectivity index (χ4v) is 1.61. The van der Waals surface area contributed by atoms with Gasteiger partial charge in [-0.1, -0.05) is 0 Å². The van der Waals surface area contributed by atoms with Crippen LogP contribution < -0.4 is 11.1 Å². The van der Waals surface area contributed by atoms with E-state index in [2.05, 4.69) is 15.3 Å². The minimum absolute atomic E-state index is 0.547. The Morgan fingerprint density at radius 1 is 1.12 bits per heavy atom. The topological polar surface area (TPSA) is 63.8 Å². The molecule has 0 saturated heterocycles. The van der Waals surface area contributed by atoms with Crippen LogP contribution in [0.3, 0.4) is 0 Å². The van der Waals surface area contributed by atoms with Crippen LogP contribution in [0.5, 0.6) is 0 Å². The molecule has 2 rings (SSSR count). The summed E-state index contributed by atoms with van der Waals surface area (Å²) < 4.78 is 0. The molecule has 0 spiro atoms. The first-order valence-electron chi connectivity index (χ1n) is 4.76. The Kier molecular flexibility index (Phi) is 3.26. The van der Waals surface area contributed by atoms with Crippen LogP contribution in [0.15, 0.2) is 41.6 Å². The quantitative estimate of drug-likeness (QED) is 0.796. The van der Waals surface area contributed by atoms with Gasteiger partial charge in [-0.2, -0.15) is 0 Å². The Morgan fingerprint density at radius 3 is 2.31 bits per heavy atom. The highest BCUT2D eigenvalue weighted by atomic mass is 32.2. The van der Waals surface area contributed by atoms with E-state index in [9.17, 15) is 0 Å². The Bertz CT molecular complexity index is 452. The van der Waals surface area contributed by atoms with Crippen molar-refractivity contribution in [3.63, 3.8) is 0 Å². The number of aromatic nitrogens is 2. The largest absolute Gasteiger partial charge is 0.396 e. The lowest BCUT2D eigenvalue weighted by atomic mass is 10.3. The normalized spacial score (nSPS) is 10.1. The predicted molar refractivity (Wildman–Crippen MR) is 68.0 cm³/mol. The van der Waals surface area contributed by atoms with Crippen molar-refractivity contribution < 1.29 is 0 Å². The third-order valence-corrected chi connectivity index (χ3v) is 2.76. The van der Waals surface area contributed by atoms with Gasteiger partial charge in [-0.25, -0.2) is 9.97 Å². The van der Waals surface area contributed by atoms with Crippen LogP contribution in [-0.4, -0.2) is 16.2 Å². The average molecular weight is 232 g/mol. The monoisotopic (exact) mass is 232 g/mol. The molecule has 2 aromatic rings. The number of anilines is 3. The van der Waals surface area contributed by atoms with E-state index in [-0.39, 0.29) is 0 Å². The van der Waals surface area contributed by atoms with E-state index < -0.39 is 0 Å². The summed E-state index contributed by atoms with van der Waals surface area (Å²) in [6.07, 6.45) is 5.20. The van der Waals surface area contributed by atoms with Crippen LogP contribution in [0.4, 0.5) is 17.3 Å². The van der Waals surface area contributed by atoms with Crippen molar-refractivity contribution in [2.45, 2.75) is 4.90 Å². The predicted octanol–water partition coefficient (Wildman–Crippen LogP) is 2.52. The molecule has 0 radical (unpaired) electrons. The minimum atomic E-state index is 0.547. The lowest BCUT2D eigenvalue weighted by molar-refractivity contribution is 1.17. The maximum atomic E-state index is 5.50. The first-order valence-corrected chi connectivity index (χ1v) is 5.99.